The number of halogens is 1. The van der Waals surface area contributed by atoms with Gasteiger partial charge in [-0.25, -0.2) is 4.98 Å². The summed E-state index contributed by atoms with van der Waals surface area (Å²) in [5, 5.41) is 7.10. The minimum Gasteiger partial charge on any atom is -0.330 e. The van der Waals surface area contributed by atoms with Crippen molar-refractivity contribution in [2.24, 2.45) is 17.6 Å². The molecule has 2 aromatic heterocycles. The molecule has 3 N–H and O–H groups in total. The van der Waals surface area contributed by atoms with Gasteiger partial charge >= 0.3 is 0 Å². The van der Waals surface area contributed by atoms with Gasteiger partial charge < -0.3 is 11.1 Å². The molecule has 1 aliphatic rings. The number of fused-ring (bicyclic) bond motifs is 1. The summed E-state index contributed by atoms with van der Waals surface area (Å²) >= 11 is 0. The number of carbonyl (C=O) groups is 1. The highest BCUT2D eigenvalue weighted by Crippen LogP contribution is 2.31. The number of anilines is 1. The van der Waals surface area contributed by atoms with Crippen LogP contribution in [0.25, 0.3) is 5.65 Å². The lowest BCUT2D eigenvalue weighted by molar-refractivity contribution is -0.120. The lowest BCUT2D eigenvalue weighted by atomic mass is 9.95. The third-order valence-electron chi connectivity index (χ3n) is 3.84. The van der Waals surface area contributed by atoms with Crippen LogP contribution in [0.4, 0.5) is 5.82 Å². The highest BCUT2D eigenvalue weighted by molar-refractivity contribution is 5.92. The van der Waals surface area contributed by atoms with Gasteiger partial charge in [-0.2, -0.15) is 9.61 Å². The molecule has 20 heavy (non-hydrogen) atoms. The molecule has 1 amide bonds. The van der Waals surface area contributed by atoms with E-state index in [1.165, 1.54) is 0 Å². The van der Waals surface area contributed by atoms with Gasteiger partial charge in [-0.05, 0) is 31.4 Å². The molecule has 1 fully saturated rings. The first-order chi connectivity index (χ1) is 9.29. The van der Waals surface area contributed by atoms with Crippen molar-refractivity contribution in [3.8, 4) is 0 Å². The van der Waals surface area contributed by atoms with Crippen molar-refractivity contribution in [1.82, 2.24) is 14.6 Å². The van der Waals surface area contributed by atoms with Gasteiger partial charge in [0.15, 0.2) is 5.65 Å². The zero-order valence-electron chi connectivity index (χ0n) is 11.0. The Bertz CT molecular complexity index is 599. The Kier molecular flexibility index (Phi) is 4.57. The molecule has 108 valence electrons. The first-order valence-corrected chi connectivity index (χ1v) is 6.59. The Balaban J connectivity index is 0.00000147. The molecule has 6 nitrogen and oxygen atoms in total. The van der Waals surface area contributed by atoms with Crippen molar-refractivity contribution in [3.05, 3.63) is 24.5 Å². The van der Waals surface area contributed by atoms with Crippen LogP contribution < -0.4 is 11.1 Å². The molecule has 0 aliphatic heterocycles. The molecule has 7 heteroatoms. The second-order valence-electron chi connectivity index (χ2n) is 4.95. The fraction of sp³-hybridized carbons (Fsp3) is 0.462. The largest absolute Gasteiger partial charge is 0.330 e. The fourth-order valence-corrected chi connectivity index (χ4v) is 2.81. The van der Waals surface area contributed by atoms with Gasteiger partial charge in [0.05, 0.1) is 6.20 Å². The van der Waals surface area contributed by atoms with Crippen molar-refractivity contribution in [3.63, 3.8) is 0 Å². The smallest absolute Gasteiger partial charge is 0.228 e. The Morgan fingerprint density at radius 2 is 2.25 bits per heavy atom. The zero-order valence-corrected chi connectivity index (χ0v) is 11.8. The van der Waals surface area contributed by atoms with Crippen LogP contribution in [0.5, 0.6) is 0 Å². The summed E-state index contributed by atoms with van der Waals surface area (Å²) < 4.78 is 1.63. The molecular weight excluding hydrogens is 278 g/mol. The number of carbonyl (C=O) groups excluding carboxylic acids is 1. The lowest BCUT2D eigenvalue weighted by Crippen LogP contribution is -2.30. The minimum absolute atomic E-state index is 0. The summed E-state index contributed by atoms with van der Waals surface area (Å²) in [6, 6.07) is 3.55. The number of aromatic nitrogens is 3. The monoisotopic (exact) mass is 295 g/mol. The minimum atomic E-state index is 0. The van der Waals surface area contributed by atoms with Crippen molar-refractivity contribution in [2.45, 2.75) is 19.3 Å². The van der Waals surface area contributed by atoms with Gasteiger partial charge in [-0.1, -0.05) is 6.42 Å². The number of nitrogens with two attached hydrogens (primary N) is 1. The van der Waals surface area contributed by atoms with Gasteiger partial charge in [-0.15, -0.1) is 12.4 Å². The fourth-order valence-electron chi connectivity index (χ4n) is 2.81. The van der Waals surface area contributed by atoms with E-state index in [4.69, 9.17) is 5.73 Å². The van der Waals surface area contributed by atoms with E-state index >= 15 is 0 Å². The van der Waals surface area contributed by atoms with Crippen molar-refractivity contribution in [1.29, 1.82) is 0 Å². The van der Waals surface area contributed by atoms with E-state index in [0.29, 0.717) is 18.3 Å². The molecule has 0 aromatic carbocycles. The first kappa shape index (κ1) is 14.7. The van der Waals surface area contributed by atoms with Crippen LogP contribution >= 0.6 is 12.4 Å². The average molecular weight is 296 g/mol. The zero-order chi connectivity index (χ0) is 13.2. The molecule has 2 heterocycles. The molecule has 0 unspecified atom stereocenters. The maximum absolute atomic E-state index is 12.3. The van der Waals surface area contributed by atoms with E-state index in [1.54, 1.807) is 29.0 Å². The third-order valence-corrected chi connectivity index (χ3v) is 3.84. The van der Waals surface area contributed by atoms with Gasteiger partial charge in [0.1, 0.15) is 5.82 Å². The lowest BCUT2D eigenvalue weighted by Gasteiger charge is -2.17. The van der Waals surface area contributed by atoms with Crippen molar-refractivity contribution in [2.75, 3.05) is 11.9 Å². The Labute approximate surface area is 123 Å². The Morgan fingerprint density at radius 1 is 1.40 bits per heavy atom. The van der Waals surface area contributed by atoms with Gasteiger partial charge in [0.2, 0.25) is 5.91 Å². The number of amides is 1. The predicted octanol–water partition coefficient (Wildman–Crippen LogP) is 1.46. The summed E-state index contributed by atoms with van der Waals surface area (Å²) in [7, 11) is 0. The number of rotatable bonds is 3. The second-order valence-corrected chi connectivity index (χ2v) is 4.95. The van der Waals surface area contributed by atoms with Gasteiger partial charge in [0, 0.05) is 18.2 Å². The van der Waals surface area contributed by atoms with Crippen LogP contribution in [-0.2, 0) is 4.79 Å². The molecule has 0 spiro atoms. The van der Waals surface area contributed by atoms with Crippen LogP contribution in [0.15, 0.2) is 24.5 Å². The van der Waals surface area contributed by atoms with Crippen molar-refractivity contribution >= 4 is 29.8 Å². The number of hydrogen-bond acceptors (Lipinski definition) is 4. The Hall–Kier alpha value is -1.66. The predicted molar refractivity (Wildman–Crippen MR) is 78.8 cm³/mol. The number of hydrogen-bond donors (Lipinski definition) is 2. The van der Waals surface area contributed by atoms with Crippen molar-refractivity contribution < 1.29 is 4.79 Å². The van der Waals surface area contributed by atoms with Gasteiger partial charge in [-0.3, -0.25) is 4.79 Å². The number of nitrogens with zero attached hydrogens (tertiary/aromatic N) is 3. The number of nitrogens with one attached hydrogen (secondary N) is 1. The molecule has 2 atom stereocenters. The maximum Gasteiger partial charge on any atom is 0.228 e. The third kappa shape index (κ3) is 2.62. The summed E-state index contributed by atoms with van der Waals surface area (Å²) in [6.45, 7) is 0.575. The quantitative estimate of drug-likeness (QED) is 0.898. The maximum atomic E-state index is 12.3. The van der Waals surface area contributed by atoms with Crippen LogP contribution in [0.1, 0.15) is 19.3 Å². The molecule has 0 bridgehead atoms. The summed E-state index contributed by atoms with van der Waals surface area (Å²) in [5.41, 5.74) is 6.44. The van der Waals surface area contributed by atoms with E-state index in [-0.39, 0.29) is 24.2 Å². The summed E-state index contributed by atoms with van der Waals surface area (Å²) in [4.78, 5) is 16.5. The summed E-state index contributed by atoms with van der Waals surface area (Å²) in [5.74, 6) is 1.01. The SMILES string of the molecule is Cl.NC[C@H]1CCC[C@H]1C(=O)Nc1ccnc2ccnn12. The van der Waals surface area contributed by atoms with E-state index in [2.05, 4.69) is 15.4 Å². The molecule has 0 saturated heterocycles. The van der Waals surface area contributed by atoms with Gasteiger partial charge in [0.25, 0.3) is 0 Å². The van der Waals surface area contributed by atoms with Crippen LogP contribution in [-0.4, -0.2) is 27.0 Å². The van der Waals surface area contributed by atoms with E-state index < -0.39 is 0 Å². The molecule has 2 aromatic rings. The molecule has 1 aliphatic carbocycles. The molecule has 3 rings (SSSR count). The Morgan fingerprint density at radius 3 is 3.05 bits per heavy atom. The highest BCUT2D eigenvalue weighted by Gasteiger charge is 2.32. The normalized spacial score (nSPS) is 21.6. The first-order valence-electron chi connectivity index (χ1n) is 6.59. The van der Waals surface area contributed by atoms with E-state index in [9.17, 15) is 4.79 Å². The topological polar surface area (TPSA) is 85.3 Å². The van der Waals surface area contributed by atoms with Crippen LogP contribution in [0, 0.1) is 11.8 Å². The highest BCUT2D eigenvalue weighted by atomic mass is 35.5. The average Bonchev–Trinajstić information content (AvgIpc) is 3.07. The molecule has 0 radical (unpaired) electrons. The van der Waals surface area contributed by atoms with E-state index in [0.717, 1.165) is 24.9 Å². The molecule has 1 saturated carbocycles. The van der Waals surface area contributed by atoms with Crippen LogP contribution in [0.3, 0.4) is 0 Å². The summed E-state index contributed by atoms with van der Waals surface area (Å²) in [6.07, 6.45) is 6.37. The van der Waals surface area contributed by atoms with Crippen LogP contribution in [0.2, 0.25) is 0 Å². The van der Waals surface area contributed by atoms with E-state index in [1.807, 2.05) is 0 Å². The molecular formula is C13H18ClN5O. The second kappa shape index (κ2) is 6.19. The standard InChI is InChI=1S/C13H17N5O.ClH/c14-8-9-2-1-3-10(9)13(19)17-12-4-6-15-11-5-7-16-18(11)12;/h4-7,9-10H,1-3,8,14H2,(H,17,19);1H/t9-,10-;/m1./s1.